The van der Waals surface area contributed by atoms with E-state index in [9.17, 15) is 9.18 Å². The quantitative estimate of drug-likeness (QED) is 0.600. The molecule has 0 bridgehead atoms. The van der Waals surface area contributed by atoms with Crippen molar-refractivity contribution in [3.05, 3.63) is 39.4 Å². The number of amides is 1. The zero-order chi connectivity index (χ0) is 20.4. The molecule has 0 saturated heterocycles. The van der Waals surface area contributed by atoms with Crippen molar-refractivity contribution in [3.63, 3.8) is 0 Å². The molecule has 0 unspecified atom stereocenters. The van der Waals surface area contributed by atoms with Crippen LogP contribution in [0.5, 0.6) is 5.75 Å². The molecule has 1 aliphatic heterocycles. The van der Waals surface area contributed by atoms with Gasteiger partial charge in [0.15, 0.2) is 17.7 Å². The number of rotatable bonds is 7. The van der Waals surface area contributed by atoms with Crippen LogP contribution in [0.4, 0.5) is 10.1 Å². The van der Waals surface area contributed by atoms with E-state index in [4.69, 9.17) is 14.2 Å². The number of fused-ring (bicyclic) bond motifs is 1. The van der Waals surface area contributed by atoms with Crippen LogP contribution >= 0.6 is 15.9 Å². The first-order chi connectivity index (χ1) is 13.3. The van der Waals surface area contributed by atoms with E-state index in [1.165, 1.54) is 6.07 Å². The maximum Gasteiger partial charge on any atom is 0.268 e. The summed E-state index contributed by atoms with van der Waals surface area (Å²) in [5.74, 6) is -0.672. The monoisotopic (exact) mass is 455 g/mol. The lowest BCUT2D eigenvalue weighted by Crippen LogP contribution is -2.44. The van der Waals surface area contributed by atoms with Crippen LogP contribution in [0.15, 0.2) is 16.6 Å². The van der Waals surface area contributed by atoms with E-state index >= 15 is 0 Å². The summed E-state index contributed by atoms with van der Waals surface area (Å²) in [4.78, 5) is 14.4. The summed E-state index contributed by atoms with van der Waals surface area (Å²) in [5, 5.41) is 4.46. The van der Waals surface area contributed by atoms with Crippen molar-refractivity contribution in [2.45, 2.75) is 33.1 Å². The van der Waals surface area contributed by atoms with E-state index in [0.29, 0.717) is 30.0 Å². The van der Waals surface area contributed by atoms with Gasteiger partial charge in [-0.1, -0.05) is 15.9 Å². The van der Waals surface area contributed by atoms with Gasteiger partial charge in [-0.2, -0.15) is 5.10 Å². The SMILES string of the molecule is COCCOCc1c(CN2C(=O)[C@@H](C)Oc3c(F)cc(Br)cc32)c(C)nn1C. The van der Waals surface area contributed by atoms with Gasteiger partial charge in [0.1, 0.15) is 0 Å². The third-order valence-electron chi connectivity index (χ3n) is 4.65. The van der Waals surface area contributed by atoms with Crippen molar-refractivity contribution < 1.29 is 23.4 Å². The number of carbonyl (C=O) groups excluding carboxylic acids is 1. The number of halogens is 2. The van der Waals surface area contributed by atoms with E-state index in [1.807, 2.05) is 14.0 Å². The summed E-state index contributed by atoms with van der Waals surface area (Å²) in [7, 11) is 3.45. The normalized spacial score (nSPS) is 16.3. The summed E-state index contributed by atoms with van der Waals surface area (Å²) >= 11 is 3.29. The lowest BCUT2D eigenvalue weighted by molar-refractivity contribution is -0.125. The molecule has 0 N–H and O–H groups in total. The van der Waals surface area contributed by atoms with Crippen LogP contribution in [0.2, 0.25) is 0 Å². The van der Waals surface area contributed by atoms with Gasteiger partial charge in [0.25, 0.3) is 5.91 Å². The smallest absolute Gasteiger partial charge is 0.268 e. The molecular formula is C19H23BrFN3O4. The highest BCUT2D eigenvalue weighted by molar-refractivity contribution is 9.10. The number of hydrogen-bond donors (Lipinski definition) is 0. The number of hydrogen-bond acceptors (Lipinski definition) is 5. The van der Waals surface area contributed by atoms with E-state index in [0.717, 1.165) is 17.0 Å². The number of ether oxygens (including phenoxy) is 3. The fourth-order valence-corrected chi connectivity index (χ4v) is 3.62. The standard InChI is InChI=1S/C19H23BrFN3O4/c1-11-14(17(23(3)22-11)10-27-6-5-26-4)9-24-16-8-13(20)7-15(21)18(16)28-12(2)19(24)25/h7-8,12H,5-6,9-10H2,1-4H3/t12-/m1/s1. The van der Waals surface area contributed by atoms with E-state index in [1.54, 1.807) is 29.7 Å². The first-order valence-corrected chi connectivity index (χ1v) is 9.67. The highest BCUT2D eigenvalue weighted by Gasteiger charge is 2.35. The lowest BCUT2D eigenvalue weighted by Gasteiger charge is -2.33. The molecule has 1 aliphatic rings. The molecule has 7 nitrogen and oxygen atoms in total. The van der Waals surface area contributed by atoms with E-state index in [-0.39, 0.29) is 18.2 Å². The van der Waals surface area contributed by atoms with Gasteiger partial charge in [0, 0.05) is 24.2 Å². The first kappa shape index (κ1) is 20.8. The van der Waals surface area contributed by atoms with E-state index in [2.05, 4.69) is 21.0 Å². The molecule has 1 aromatic heterocycles. The summed E-state index contributed by atoms with van der Waals surface area (Å²) < 4.78 is 32.8. The number of anilines is 1. The Morgan fingerprint density at radius 3 is 2.82 bits per heavy atom. The molecule has 0 fully saturated rings. The molecule has 0 radical (unpaired) electrons. The fraction of sp³-hybridized carbons (Fsp3) is 0.474. The average molecular weight is 456 g/mol. The Morgan fingerprint density at radius 2 is 2.11 bits per heavy atom. The summed E-state index contributed by atoms with van der Waals surface area (Å²) in [5.41, 5.74) is 2.91. The van der Waals surface area contributed by atoms with Crippen LogP contribution in [-0.2, 0) is 34.5 Å². The number of aromatic nitrogens is 2. The Balaban J connectivity index is 1.94. The molecule has 1 atom stereocenters. The van der Waals surface area contributed by atoms with Crippen molar-refractivity contribution in [2.24, 2.45) is 7.05 Å². The van der Waals surface area contributed by atoms with Gasteiger partial charge in [-0.25, -0.2) is 4.39 Å². The van der Waals surface area contributed by atoms with Gasteiger partial charge in [0.2, 0.25) is 0 Å². The van der Waals surface area contributed by atoms with Crippen molar-refractivity contribution in [1.82, 2.24) is 9.78 Å². The van der Waals surface area contributed by atoms with Crippen molar-refractivity contribution in [2.75, 3.05) is 25.2 Å². The number of carbonyl (C=O) groups is 1. The van der Waals surface area contributed by atoms with Crippen LogP contribution in [0, 0.1) is 12.7 Å². The first-order valence-electron chi connectivity index (χ1n) is 8.88. The van der Waals surface area contributed by atoms with Gasteiger partial charge in [0.05, 0.1) is 43.4 Å². The molecule has 9 heteroatoms. The second-order valence-electron chi connectivity index (χ2n) is 6.60. The highest BCUT2D eigenvalue weighted by Crippen LogP contribution is 2.40. The zero-order valence-electron chi connectivity index (χ0n) is 16.3. The van der Waals surface area contributed by atoms with Crippen LogP contribution < -0.4 is 9.64 Å². The van der Waals surface area contributed by atoms with Gasteiger partial charge in [-0.3, -0.25) is 9.48 Å². The topological polar surface area (TPSA) is 65.8 Å². The average Bonchev–Trinajstić information content (AvgIpc) is 2.90. The minimum Gasteiger partial charge on any atom is -0.476 e. The van der Waals surface area contributed by atoms with Crippen LogP contribution in [0.3, 0.4) is 0 Å². The Bertz CT molecular complexity index is 887. The summed E-state index contributed by atoms with van der Waals surface area (Å²) in [6.07, 6.45) is -0.776. The second-order valence-corrected chi connectivity index (χ2v) is 7.52. The maximum atomic E-state index is 14.4. The molecule has 1 amide bonds. The minimum absolute atomic E-state index is 0.0785. The van der Waals surface area contributed by atoms with Gasteiger partial charge < -0.3 is 19.1 Å². The van der Waals surface area contributed by atoms with Gasteiger partial charge in [-0.05, 0) is 26.0 Å². The number of aryl methyl sites for hydroxylation is 2. The Hall–Kier alpha value is -1.97. The van der Waals surface area contributed by atoms with Gasteiger partial charge >= 0.3 is 0 Å². The summed E-state index contributed by atoms with van der Waals surface area (Å²) in [6, 6.07) is 3.01. The molecule has 0 saturated carbocycles. The Labute approximate surface area is 171 Å². The Kier molecular flexibility index (Phi) is 6.36. The third-order valence-corrected chi connectivity index (χ3v) is 5.11. The lowest BCUT2D eigenvalue weighted by atomic mass is 10.1. The third kappa shape index (κ3) is 4.06. The number of nitrogens with zero attached hydrogens (tertiary/aromatic N) is 3. The zero-order valence-corrected chi connectivity index (χ0v) is 17.9. The molecule has 2 aromatic rings. The Morgan fingerprint density at radius 1 is 1.36 bits per heavy atom. The highest BCUT2D eigenvalue weighted by atomic mass is 79.9. The predicted molar refractivity (Wildman–Crippen MR) is 105 cm³/mol. The molecule has 152 valence electrons. The number of methoxy groups -OCH3 is 1. The molecule has 0 spiro atoms. The van der Waals surface area contributed by atoms with Crippen molar-refractivity contribution in [1.29, 1.82) is 0 Å². The molecule has 3 rings (SSSR count). The largest absolute Gasteiger partial charge is 0.476 e. The maximum absolute atomic E-state index is 14.4. The van der Waals surface area contributed by atoms with Gasteiger partial charge in [-0.15, -0.1) is 0 Å². The van der Waals surface area contributed by atoms with Crippen molar-refractivity contribution in [3.8, 4) is 5.75 Å². The summed E-state index contributed by atoms with van der Waals surface area (Å²) in [6.45, 7) is 5.03. The minimum atomic E-state index is -0.776. The van der Waals surface area contributed by atoms with Crippen LogP contribution in [-0.4, -0.2) is 42.1 Å². The second kappa shape index (κ2) is 8.59. The van der Waals surface area contributed by atoms with Crippen LogP contribution in [0.1, 0.15) is 23.9 Å². The van der Waals surface area contributed by atoms with E-state index < -0.39 is 11.9 Å². The molecule has 0 aliphatic carbocycles. The molecule has 1 aromatic carbocycles. The fourth-order valence-electron chi connectivity index (χ4n) is 3.20. The molecule has 28 heavy (non-hydrogen) atoms. The predicted octanol–water partition coefficient (Wildman–Crippen LogP) is 3.11. The van der Waals surface area contributed by atoms with Crippen LogP contribution in [0.25, 0.3) is 0 Å². The molecular weight excluding hydrogens is 433 g/mol. The molecule has 2 heterocycles. The van der Waals surface area contributed by atoms with Crippen molar-refractivity contribution >= 4 is 27.5 Å². The number of benzene rings is 1.